The second-order valence-electron chi connectivity index (χ2n) is 8.79. The van der Waals surface area contributed by atoms with Gasteiger partial charge >= 0.3 is 0 Å². The topological polar surface area (TPSA) is 52.0 Å². The number of imidazole rings is 1. The van der Waals surface area contributed by atoms with Crippen molar-refractivity contribution in [3.63, 3.8) is 0 Å². The minimum absolute atomic E-state index is 0.148. The fourth-order valence-electron chi connectivity index (χ4n) is 5.20. The second kappa shape index (κ2) is 7.86. The Labute approximate surface area is 187 Å². The van der Waals surface area contributed by atoms with Gasteiger partial charge < -0.3 is 4.57 Å². The Hall–Kier alpha value is -2.53. The average Bonchev–Trinajstić information content (AvgIpc) is 3.41. The molecule has 2 aliphatic rings. The summed E-state index contributed by atoms with van der Waals surface area (Å²) < 4.78 is 2.21. The molecule has 3 aromatic rings. The minimum Gasteiger partial charge on any atom is -0.330 e. The molecule has 0 atom stereocenters. The number of thiophene rings is 1. The molecule has 5 rings (SSSR count). The monoisotopic (exact) mass is 432 g/mol. The van der Waals surface area contributed by atoms with Gasteiger partial charge in [-0.1, -0.05) is 33.1 Å². The van der Waals surface area contributed by atoms with Gasteiger partial charge in [-0.25, -0.2) is 4.98 Å². The van der Waals surface area contributed by atoms with E-state index in [1.54, 1.807) is 17.4 Å². The zero-order chi connectivity index (χ0) is 21.7. The first-order valence-corrected chi connectivity index (χ1v) is 12.3. The van der Waals surface area contributed by atoms with Crippen LogP contribution in [0.5, 0.6) is 0 Å². The van der Waals surface area contributed by atoms with Crippen LogP contribution >= 0.6 is 11.3 Å². The van der Waals surface area contributed by atoms with Crippen LogP contribution in [0.1, 0.15) is 94.4 Å². The Morgan fingerprint density at radius 2 is 1.61 bits per heavy atom. The largest absolute Gasteiger partial charge is 0.330 e. The van der Waals surface area contributed by atoms with E-state index in [1.165, 1.54) is 37.9 Å². The van der Waals surface area contributed by atoms with Crippen LogP contribution in [-0.2, 0) is 19.9 Å². The molecule has 4 nitrogen and oxygen atoms in total. The Balaban J connectivity index is 1.50. The minimum atomic E-state index is -0.148. The zero-order valence-corrected chi connectivity index (χ0v) is 19.3. The maximum absolute atomic E-state index is 13.1. The molecule has 1 fully saturated rings. The number of aryl methyl sites for hydroxylation is 3. The molecule has 2 aliphatic carbocycles. The molecule has 160 valence electrons. The molecular formula is C26H28N2O2S. The molecule has 0 saturated heterocycles. The first-order chi connectivity index (χ1) is 15.0. The molecule has 1 saturated carbocycles. The third-order valence-corrected chi connectivity index (χ3v) is 7.94. The smallest absolute Gasteiger partial charge is 0.197 e. The second-order valence-corrected chi connectivity index (χ2v) is 9.86. The lowest BCUT2D eigenvalue weighted by molar-refractivity contribution is 0.0990. The summed E-state index contributed by atoms with van der Waals surface area (Å²) in [5, 5.41) is 0. The SMILES string of the molecule is CCc1cc2c(cc1CC)C(=O)C(=Cc1cc3c(nc(C4CCCCC4)n3C)s1)C2=O. The van der Waals surface area contributed by atoms with E-state index in [0.717, 1.165) is 39.2 Å². The summed E-state index contributed by atoms with van der Waals surface area (Å²) in [6, 6.07) is 5.93. The Morgan fingerprint density at radius 1 is 1.00 bits per heavy atom. The number of aromatic nitrogens is 2. The van der Waals surface area contributed by atoms with Crippen LogP contribution in [0.25, 0.3) is 16.4 Å². The number of carbonyl (C=O) groups is 2. The van der Waals surface area contributed by atoms with Gasteiger partial charge in [0.1, 0.15) is 10.7 Å². The number of benzene rings is 1. The fraction of sp³-hybridized carbons (Fsp3) is 0.423. The van der Waals surface area contributed by atoms with E-state index < -0.39 is 0 Å². The maximum atomic E-state index is 13.1. The molecular weight excluding hydrogens is 404 g/mol. The molecule has 2 heterocycles. The van der Waals surface area contributed by atoms with Gasteiger partial charge in [-0.15, -0.1) is 11.3 Å². The van der Waals surface area contributed by atoms with Crippen molar-refractivity contribution in [1.82, 2.24) is 9.55 Å². The normalized spacial score (nSPS) is 17.1. The Kier molecular flexibility index (Phi) is 5.17. The molecule has 1 aromatic carbocycles. The number of rotatable bonds is 4. The highest BCUT2D eigenvalue weighted by atomic mass is 32.1. The van der Waals surface area contributed by atoms with Crippen molar-refractivity contribution in [2.75, 3.05) is 0 Å². The quantitative estimate of drug-likeness (QED) is 0.361. The van der Waals surface area contributed by atoms with Gasteiger partial charge in [0, 0.05) is 29.0 Å². The molecule has 0 aliphatic heterocycles. The fourth-order valence-corrected chi connectivity index (χ4v) is 6.21. The zero-order valence-electron chi connectivity index (χ0n) is 18.5. The van der Waals surface area contributed by atoms with Gasteiger partial charge in [0.25, 0.3) is 0 Å². The molecule has 0 unspecified atom stereocenters. The summed E-state index contributed by atoms with van der Waals surface area (Å²) in [7, 11) is 2.09. The lowest BCUT2D eigenvalue weighted by atomic mass is 9.89. The van der Waals surface area contributed by atoms with Gasteiger partial charge in [0.15, 0.2) is 11.6 Å². The van der Waals surface area contributed by atoms with E-state index in [1.807, 2.05) is 12.1 Å². The van der Waals surface area contributed by atoms with Crippen LogP contribution in [-0.4, -0.2) is 21.1 Å². The summed E-state index contributed by atoms with van der Waals surface area (Å²) in [6.07, 6.45) is 9.83. The summed E-state index contributed by atoms with van der Waals surface area (Å²) in [4.78, 5) is 33.0. The van der Waals surface area contributed by atoms with E-state index in [9.17, 15) is 9.59 Å². The first-order valence-electron chi connectivity index (χ1n) is 11.4. The number of hydrogen-bond acceptors (Lipinski definition) is 4. The molecule has 0 N–H and O–H groups in total. The number of ketones is 2. The number of carbonyl (C=O) groups excluding carboxylic acids is 2. The molecule has 31 heavy (non-hydrogen) atoms. The van der Waals surface area contributed by atoms with Crippen molar-refractivity contribution in [2.45, 2.75) is 64.7 Å². The van der Waals surface area contributed by atoms with Crippen molar-refractivity contribution in [3.05, 3.63) is 56.7 Å². The van der Waals surface area contributed by atoms with Crippen LogP contribution in [0.15, 0.2) is 23.8 Å². The van der Waals surface area contributed by atoms with E-state index in [-0.39, 0.29) is 17.1 Å². The molecule has 5 heteroatoms. The van der Waals surface area contributed by atoms with Gasteiger partial charge in [-0.3, -0.25) is 9.59 Å². The molecule has 0 spiro atoms. The van der Waals surface area contributed by atoms with E-state index in [2.05, 4.69) is 31.5 Å². The first kappa shape index (κ1) is 20.4. The van der Waals surface area contributed by atoms with Crippen LogP contribution < -0.4 is 0 Å². The summed E-state index contributed by atoms with van der Waals surface area (Å²) in [5.74, 6) is 1.43. The Bertz CT molecular complexity index is 1190. The molecule has 0 radical (unpaired) electrons. The number of nitrogens with zero attached hydrogens (tertiary/aromatic N) is 2. The lowest BCUT2D eigenvalue weighted by Crippen LogP contribution is -2.10. The van der Waals surface area contributed by atoms with Crippen molar-refractivity contribution < 1.29 is 9.59 Å². The predicted octanol–water partition coefficient (Wildman–Crippen LogP) is 6.27. The molecule has 2 aromatic heterocycles. The van der Waals surface area contributed by atoms with Gasteiger partial charge in [-0.2, -0.15) is 0 Å². The van der Waals surface area contributed by atoms with Crippen molar-refractivity contribution in [3.8, 4) is 0 Å². The Morgan fingerprint density at radius 3 is 2.16 bits per heavy atom. The molecule has 0 amide bonds. The number of allylic oxidation sites excluding steroid dienone is 1. The third-order valence-electron chi connectivity index (χ3n) is 6.97. The number of fused-ring (bicyclic) bond motifs is 2. The van der Waals surface area contributed by atoms with Gasteiger partial charge in [0.2, 0.25) is 0 Å². The average molecular weight is 433 g/mol. The maximum Gasteiger partial charge on any atom is 0.197 e. The highest BCUT2D eigenvalue weighted by Crippen LogP contribution is 2.37. The van der Waals surface area contributed by atoms with Crippen LogP contribution in [0.3, 0.4) is 0 Å². The predicted molar refractivity (Wildman–Crippen MR) is 126 cm³/mol. The number of hydrogen-bond donors (Lipinski definition) is 0. The van der Waals surface area contributed by atoms with Gasteiger partial charge in [-0.05, 0) is 61.1 Å². The summed E-state index contributed by atoms with van der Waals surface area (Å²) in [5.41, 5.74) is 4.81. The van der Waals surface area contributed by atoms with Gasteiger partial charge in [0.05, 0.1) is 11.1 Å². The van der Waals surface area contributed by atoms with Crippen LogP contribution in [0.4, 0.5) is 0 Å². The third kappa shape index (κ3) is 3.30. The van der Waals surface area contributed by atoms with Crippen LogP contribution in [0, 0.1) is 0 Å². The summed E-state index contributed by atoms with van der Waals surface area (Å²) in [6.45, 7) is 4.18. The van der Waals surface area contributed by atoms with E-state index in [4.69, 9.17) is 4.98 Å². The van der Waals surface area contributed by atoms with Crippen molar-refractivity contribution in [1.29, 1.82) is 0 Å². The number of Topliss-reactive ketones (excluding diaryl/α,β-unsaturated/α-hetero) is 2. The van der Waals surface area contributed by atoms with E-state index in [0.29, 0.717) is 17.0 Å². The standard InChI is InChI=1S/C26H28N2O2S/c1-4-15-11-19-20(12-16(15)5-2)24(30)21(23(19)29)13-18-14-22-26(31-18)27-25(28(22)3)17-9-7-6-8-10-17/h11-14,17H,4-10H2,1-3H3. The molecule has 0 bridgehead atoms. The highest BCUT2D eigenvalue weighted by Gasteiger charge is 2.34. The van der Waals surface area contributed by atoms with Crippen molar-refractivity contribution in [2.24, 2.45) is 7.05 Å². The lowest BCUT2D eigenvalue weighted by Gasteiger charge is -2.21. The van der Waals surface area contributed by atoms with Crippen LogP contribution in [0.2, 0.25) is 0 Å². The van der Waals surface area contributed by atoms with E-state index >= 15 is 0 Å². The highest BCUT2D eigenvalue weighted by molar-refractivity contribution is 7.19. The van der Waals surface area contributed by atoms with Crippen molar-refractivity contribution >= 4 is 39.3 Å². The summed E-state index contributed by atoms with van der Waals surface area (Å²) >= 11 is 1.57.